The van der Waals surface area contributed by atoms with E-state index in [0.29, 0.717) is 24.0 Å². The third-order valence-electron chi connectivity index (χ3n) is 3.04. The van der Waals surface area contributed by atoms with E-state index in [1.807, 2.05) is 6.92 Å². The van der Waals surface area contributed by atoms with Crippen molar-refractivity contribution in [2.75, 3.05) is 6.54 Å². The zero-order valence-corrected chi connectivity index (χ0v) is 12.8. The number of nitrogens with one attached hydrogen (secondary N) is 1. The average molecular weight is 315 g/mol. The summed E-state index contributed by atoms with van der Waals surface area (Å²) in [5.74, 6) is -0.587. The highest BCUT2D eigenvalue weighted by molar-refractivity contribution is 5.96. The number of hydrogen-bond acceptors (Lipinski definition) is 5. The maximum atomic E-state index is 11.9. The van der Waals surface area contributed by atoms with Crippen LogP contribution < -0.4 is 15.7 Å². The van der Waals surface area contributed by atoms with Crippen molar-refractivity contribution < 1.29 is 18.7 Å². The molecular formula is C17H17NO5. The monoisotopic (exact) mass is 315 g/mol. The summed E-state index contributed by atoms with van der Waals surface area (Å²) >= 11 is 0. The van der Waals surface area contributed by atoms with Gasteiger partial charge >= 0.3 is 11.6 Å². The lowest BCUT2D eigenvalue weighted by Crippen LogP contribution is -2.28. The molecule has 1 N–H and O–H groups in total. The van der Waals surface area contributed by atoms with Gasteiger partial charge in [0.25, 0.3) is 5.91 Å². The van der Waals surface area contributed by atoms with Crippen LogP contribution in [0.1, 0.15) is 30.1 Å². The maximum Gasteiger partial charge on any atom is 0.349 e. The molecule has 0 spiro atoms. The summed E-state index contributed by atoms with van der Waals surface area (Å²) < 4.78 is 10.3. The summed E-state index contributed by atoms with van der Waals surface area (Å²) in [6.45, 7) is 5.61. The molecule has 1 heterocycles. The van der Waals surface area contributed by atoms with E-state index in [-0.39, 0.29) is 23.7 Å². The Labute approximate surface area is 132 Å². The van der Waals surface area contributed by atoms with Gasteiger partial charge in [0.2, 0.25) is 0 Å². The number of esters is 1. The van der Waals surface area contributed by atoms with Crippen LogP contribution in [0, 0.1) is 0 Å². The van der Waals surface area contributed by atoms with Crippen LogP contribution in [0.5, 0.6) is 5.75 Å². The number of ether oxygens (including phenoxy) is 1. The quantitative estimate of drug-likeness (QED) is 0.383. The number of carbonyl (C=O) groups is 2. The molecule has 1 amide bonds. The zero-order chi connectivity index (χ0) is 16.8. The van der Waals surface area contributed by atoms with Crippen LogP contribution in [0.3, 0.4) is 0 Å². The molecule has 0 atom stereocenters. The molecule has 0 aliphatic carbocycles. The Morgan fingerprint density at radius 3 is 2.83 bits per heavy atom. The van der Waals surface area contributed by atoms with Crippen molar-refractivity contribution in [1.82, 2.24) is 5.32 Å². The molecule has 2 rings (SSSR count). The fraction of sp³-hybridized carbons (Fsp3) is 0.235. The number of hydrogen-bond donors (Lipinski definition) is 1. The van der Waals surface area contributed by atoms with Gasteiger partial charge in [-0.05, 0) is 24.6 Å². The molecule has 0 radical (unpaired) electrons. The van der Waals surface area contributed by atoms with Gasteiger partial charge in [0, 0.05) is 24.4 Å². The number of fused-ring (bicyclic) bond motifs is 1. The van der Waals surface area contributed by atoms with Gasteiger partial charge < -0.3 is 14.5 Å². The van der Waals surface area contributed by atoms with E-state index in [1.54, 1.807) is 12.1 Å². The fourth-order valence-corrected chi connectivity index (χ4v) is 1.96. The van der Waals surface area contributed by atoms with E-state index >= 15 is 0 Å². The number of carbonyl (C=O) groups excluding carboxylic acids is 2. The van der Waals surface area contributed by atoms with E-state index in [1.165, 1.54) is 18.2 Å². The Bertz CT molecular complexity index is 806. The van der Waals surface area contributed by atoms with Crippen LogP contribution in [0.2, 0.25) is 0 Å². The lowest BCUT2D eigenvalue weighted by Gasteiger charge is -2.06. The fourth-order valence-electron chi connectivity index (χ4n) is 1.96. The van der Waals surface area contributed by atoms with Crippen LogP contribution in [0.15, 0.2) is 46.1 Å². The molecule has 0 saturated heterocycles. The van der Waals surface area contributed by atoms with Crippen molar-refractivity contribution in [3.63, 3.8) is 0 Å². The topological polar surface area (TPSA) is 85.6 Å². The lowest BCUT2D eigenvalue weighted by molar-refractivity contribution is -0.134. The molecule has 6 nitrogen and oxygen atoms in total. The minimum Gasteiger partial charge on any atom is -0.426 e. The minimum absolute atomic E-state index is 0.0879. The van der Waals surface area contributed by atoms with Gasteiger partial charge in [-0.25, -0.2) is 4.79 Å². The van der Waals surface area contributed by atoms with Gasteiger partial charge in [-0.3, -0.25) is 9.59 Å². The summed E-state index contributed by atoms with van der Waals surface area (Å²) in [5, 5.41) is 3.08. The summed E-state index contributed by atoms with van der Waals surface area (Å²) in [4.78, 5) is 35.3. The summed E-state index contributed by atoms with van der Waals surface area (Å²) in [6.07, 6.45) is 2.51. The third kappa shape index (κ3) is 4.06. The molecule has 1 aromatic heterocycles. The summed E-state index contributed by atoms with van der Waals surface area (Å²) in [7, 11) is 0. The third-order valence-corrected chi connectivity index (χ3v) is 3.04. The molecule has 120 valence electrons. The standard InChI is InChI=1S/C17H17NO5/c1-3-5-15(19)22-12-7-6-11-9-13(16(20)18-8-4-2)17(21)23-14(11)10-12/h4,6-7,9-10H,2-3,5,8H2,1H3,(H,18,20). The Kier molecular flexibility index (Phi) is 5.30. The van der Waals surface area contributed by atoms with Gasteiger partial charge in [0.05, 0.1) is 0 Å². The van der Waals surface area contributed by atoms with Gasteiger partial charge in [0.1, 0.15) is 16.9 Å². The van der Waals surface area contributed by atoms with E-state index in [4.69, 9.17) is 9.15 Å². The predicted molar refractivity (Wildman–Crippen MR) is 85.6 cm³/mol. The van der Waals surface area contributed by atoms with Crippen LogP contribution in [0.25, 0.3) is 11.0 Å². The van der Waals surface area contributed by atoms with Crippen LogP contribution >= 0.6 is 0 Å². The van der Waals surface area contributed by atoms with Crippen molar-refractivity contribution in [2.24, 2.45) is 0 Å². The molecule has 2 aromatic rings. The highest BCUT2D eigenvalue weighted by Gasteiger charge is 2.14. The normalized spacial score (nSPS) is 10.3. The largest absolute Gasteiger partial charge is 0.426 e. The van der Waals surface area contributed by atoms with Crippen molar-refractivity contribution in [1.29, 1.82) is 0 Å². The second kappa shape index (κ2) is 7.40. The second-order valence-electron chi connectivity index (χ2n) is 4.87. The Balaban J connectivity index is 2.31. The van der Waals surface area contributed by atoms with E-state index < -0.39 is 11.5 Å². The highest BCUT2D eigenvalue weighted by atomic mass is 16.5. The van der Waals surface area contributed by atoms with Crippen molar-refractivity contribution in [2.45, 2.75) is 19.8 Å². The smallest absolute Gasteiger partial charge is 0.349 e. The highest BCUT2D eigenvalue weighted by Crippen LogP contribution is 2.21. The first kappa shape index (κ1) is 16.5. The van der Waals surface area contributed by atoms with Gasteiger partial charge in [-0.1, -0.05) is 13.0 Å². The Hall–Kier alpha value is -2.89. The summed E-state index contributed by atoms with van der Waals surface area (Å²) in [5.41, 5.74) is -0.594. The number of rotatable bonds is 6. The maximum absolute atomic E-state index is 11.9. The van der Waals surface area contributed by atoms with Crippen LogP contribution in [-0.4, -0.2) is 18.4 Å². The molecular weight excluding hydrogens is 298 g/mol. The van der Waals surface area contributed by atoms with Gasteiger partial charge in [0.15, 0.2) is 0 Å². The molecule has 0 aliphatic rings. The zero-order valence-electron chi connectivity index (χ0n) is 12.8. The molecule has 23 heavy (non-hydrogen) atoms. The molecule has 0 saturated carbocycles. The van der Waals surface area contributed by atoms with Gasteiger partial charge in [-0.2, -0.15) is 0 Å². The minimum atomic E-state index is -0.754. The average Bonchev–Trinajstić information content (AvgIpc) is 2.52. The van der Waals surface area contributed by atoms with E-state index in [2.05, 4.69) is 11.9 Å². The Morgan fingerprint density at radius 1 is 1.35 bits per heavy atom. The van der Waals surface area contributed by atoms with Crippen molar-refractivity contribution in [3.05, 3.63) is 52.9 Å². The van der Waals surface area contributed by atoms with E-state index in [0.717, 1.165) is 0 Å². The lowest BCUT2D eigenvalue weighted by atomic mass is 10.1. The molecule has 0 aliphatic heterocycles. The summed E-state index contributed by atoms with van der Waals surface area (Å²) in [6, 6.07) is 6.10. The molecule has 0 fully saturated rings. The molecule has 0 unspecified atom stereocenters. The number of benzene rings is 1. The molecule has 1 aromatic carbocycles. The van der Waals surface area contributed by atoms with Crippen LogP contribution in [-0.2, 0) is 4.79 Å². The van der Waals surface area contributed by atoms with Crippen molar-refractivity contribution >= 4 is 22.8 Å². The first-order chi connectivity index (χ1) is 11.0. The Morgan fingerprint density at radius 2 is 2.13 bits per heavy atom. The second-order valence-corrected chi connectivity index (χ2v) is 4.87. The molecule has 6 heteroatoms. The predicted octanol–water partition coefficient (Wildman–Crippen LogP) is 2.41. The van der Waals surface area contributed by atoms with Crippen LogP contribution in [0.4, 0.5) is 0 Å². The first-order valence-corrected chi connectivity index (χ1v) is 7.22. The van der Waals surface area contributed by atoms with E-state index in [9.17, 15) is 14.4 Å². The molecule has 0 bridgehead atoms. The SMILES string of the molecule is C=CCNC(=O)c1cc2ccc(OC(=O)CCC)cc2oc1=O. The van der Waals surface area contributed by atoms with Crippen molar-refractivity contribution in [3.8, 4) is 5.75 Å². The van der Waals surface area contributed by atoms with Gasteiger partial charge in [-0.15, -0.1) is 6.58 Å². The first-order valence-electron chi connectivity index (χ1n) is 7.22. The number of amides is 1.